The molecule has 1 heteroatoms. The van der Waals surface area contributed by atoms with Crippen LogP contribution in [0.15, 0.2) is 0 Å². The first-order valence-electron chi connectivity index (χ1n) is 5.46. The van der Waals surface area contributed by atoms with Gasteiger partial charge in [-0.3, -0.25) is 0 Å². The van der Waals surface area contributed by atoms with Crippen LogP contribution in [-0.4, -0.2) is 12.6 Å². The molecule has 1 nitrogen and oxygen atoms in total. The predicted molar refractivity (Wildman–Crippen MR) is 61.1 cm³/mol. The second-order valence-corrected chi connectivity index (χ2v) is 5.90. The van der Waals surface area contributed by atoms with Crippen molar-refractivity contribution in [3.8, 4) is 0 Å². The molecule has 80 valence electrons. The van der Waals surface area contributed by atoms with E-state index in [0.717, 1.165) is 0 Å². The van der Waals surface area contributed by atoms with E-state index in [1.54, 1.807) is 0 Å². The van der Waals surface area contributed by atoms with Crippen LogP contribution in [0.2, 0.25) is 0 Å². The van der Waals surface area contributed by atoms with Gasteiger partial charge in [0.1, 0.15) is 0 Å². The van der Waals surface area contributed by atoms with Gasteiger partial charge in [-0.2, -0.15) is 0 Å². The summed E-state index contributed by atoms with van der Waals surface area (Å²) in [5.74, 6) is 0. The van der Waals surface area contributed by atoms with Crippen LogP contribution in [0, 0.1) is 5.41 Å². The largest absolute Gasteiger partial charge is 0.315 e. The summed E-state index contributed by atoms with van der Waals surface area (Å²) in [7, 11) is 2.05. The Morgan fingerprint density at radius 2 is 1.31 bits per heavy atom. The third-order valence-electron chi connectivity index (χ3n) is 2.66. The lowest BCUT2D eigenvalue weighted by Crippen LogP contribution is -2.35. The first-order chi connectivity index (χ1) is 5.77. The average Bonchev–Trinajstić information content (AvgIpc) is 1.97. The molecule has 0 aliphatic rings. The van der Waals surface area contributed by atoms with Crippen molar-refractivity contribution in [2.45, 2.75) is 65.8 Å². The van der Waals surface area contributed by atoms with Crippen LogP contribution in [0.3, 0.4) is 0 Å². The Kier molecular flexibility index (Phi) is 4.98. The third-order valence-corrected chi connectivity index (χ3v) is 2.66. The van der Waals surface area contributed by atoms with Crippen LogP contribution < -0.4 is 5.32 Å². The molecule has 0 spiro atoms. The minimum absolute atomic E-state index is 0.317. The Hall–Kier alpha value is -0.0400. The lowest BCUT2D eigenvalue weighted by molar-refractivity contribution is 0.328. The monoisotopic (exact) mass is 185 g/mol. The molecule has 0 fully saturated rings. The summed E-state index contributed by atoms with van der Waals surface area (Å²) < 4.78 is 0. The molecule has 0 heterocycles. The van der Waals surface area contributed by atoms with Crippen molar-refractivity contribution in [1.82, 2.24) is 5.32 Å². The van der Waals surface area contributed by atoms with Gasteiger partial charge in [-0.15, -0.1) is 0 Å². The third kappa shape index (κ3) is 8.29. The second-order valence-electron chi connectivity index (χ2n) is 5.90. The maximum absolute atomic E-state index is 3.34. The van der Waals surface area contributed by atoms with Crippen molar-refractivity contribution in [2.24, 2.45) is 5.41 Å². The molecular weight excluding hydrogens is 158 g/mol. The van der Waals surface area contributed by atoms with Crippen molar-refractivity contribution >= 4 is 0 Å². The minimum atomic E-state index is 0.317. The fourth-order valence-corrected chi connectivity index (χ4v) is 1.35. The first kappa shape index (κ1) is 13.0. The highest BCUT2D eigenvalue weighted by Gasteiger charge is 2.15. The van der Waals surface area contributed by atoms with Gasteiger partial charge in [0.15, 0.2) is 0 Å². The summed E-state index contributed by atoms with van der Waals surface area (Å²) in [5.41, 5.74) is 0.821. The van der Waals surface area contributed by atoms with Gasteiger partial charge in [0.25, 0.3) is 0 Å². The van der Waals surface area contributed by atoms with Crippen molar-refractivity contribution in [1.29, 1.82) is 0 Å². The Balaban J connectivity index is 3.47. The molecule has 0 amide bonds. The molecule has 0 aliphatic heterocycles. The molecule has 0 saturated heterocycles. The van der Waals surface area contributed by atoms with Gasteiger partial charge in [-0.25, -0.2) is 0 Å². The van der Waals surface area contributed by atoms with E-state index < -0.39 is 0 Å². The molecule has 0 aliphatic carbocycles. The second kappa shape index (κ2) is 4.99. The quantitative estimate of drug-likeness (QED) is 0.645. The zero-order valence-electron chi connectivity index (χ0n) is 10.3. The van der Waals surface area contributed by atoms with Gasteiger partial charge in [0, 0.05) is 5.54 Å². The van der Waals surface area contributed by atoms with Crippen molar-refractivity contribution in [2.75, 3.05) is 7.05 Å². The fourth-order valence-electron chi connectivity index (χ4n) is 1.35. The molecule has 0 aromatic heterocycles. The van der Waals surface area contributed by atoms with E-state index in [1.807, 2.05) is 7.05 Å². The molecule has 0 aromatic carbocycles. The van der Waals surface area contributed by atoms with E-state index in [9.17, 15) is 0 Å². The Morgan fingerprint density at radius 1 is 0.846 bits per heavy atom. The average molecular weight is 185 g/mol. The van der Waals surface area contributed by atoms with Crippen LogP contribution in [0.5, 0.6) is 0 Å². The lowest BCUT2D eigenvalue weighted by Gasteiger charge is -2.25. The van der Waals surface area contributed by atoms with E-state index in [-0.39, 0.29) is 0 Å². The topological polar surface area (TPSA) is 12.0 Å². The van der Waals surface area contributed by atoms with Crippen LogP contribution in [0.1, 0.15) is 60.3 Å². The summed E-state index contributed by atoms with van der Waals surface area (Å²) in [6, 6.07) is 0. The molecule has 1 N–H and O–H groups in total. The summed E-state index contributed by atoms with van der Waals surface area (Å²) >= 11 is 0. The van der Waals surface area contributed by atoms with Crippen LogP contribution in [-0.2, 0) is 0 Å². The summed E-state index contributed by atoms with van der Waals surface area (Å²) in [6.07, 6.45) is 5.31. The van der Waals surface area contributed by atoms with Crippen LogP contribution in [0.25, 0.3) is 0 Å². The normalized spacial score (nSPS) is 13.4. The molecule has 0 saturated carbocycles. The van der Waals surface area contributed by atoms with E-state index in [4.69, 9.17) is 0 Å². The Bertz CT molecular complexity index is 131. The maximum atomic E-state index is 3.34. The molecular formula is C12H27N. The molecule has 0 bridgehead atoms. The van der Waals surface area contributed by atoms with Gasteiger partial charge in [0.05, 0.1) is 0 Å². The van der Waals surface area contributed by atoms with Crippen LogP contribution >= 0.6 is 0 Å². The molecule has 0 atom stereocenters. The first-order valence-corrected chi connectivity index (χ1v) is 5.46. The van der Waals surface area contributed by atoms with Gasteiger partial charge in [0.2, 0.25) is 0 Å². The summed E-state index contributed by atoms with van der Waals surface area (Å²) in [5, 5.41) is 3.34. The smallest absolute Gasteiger partial charge is 0.0122 e. The number of nitrogens with one attached hydrogen (secondary N) is 1. The zero-order chi connectivity index (χ0) is 10.5. The van der Waals surface area contributed by atoms with Gasteiger partial charge in [-0.05, 0) is 39.2 Å². The predicted octanol–water partition coefficient (Wildman–Crippen LogP) is 3.59. The number of unbranched alkanes of at least 4 members (excludes halogenated alkanes) is 1. The van der Waals surface area contributed by atoms with Gasteiger partial charge in [-0.1, -0.05) is 33.6 Å². The Labute approximate surface area is 84.3 Å². The SMILES string of the molecule is CNC(C)(C)CCCCC(C)(C)C. The summed E-state index contributed by atoms with van der Waals surface area (Å²) in [4.78, 5) is 0. The van der Waals surface area contributed by atoms with E-state index in [1.165, 1.54) is 25.7 Å². The standard InChI is InChI=1S/C12H27N/c1-11(2,3)9-7-8-10-12(4,5)13-6/h13H,7-10H2,1-6H3. The highest BCUT2D eigenvalue weighted by Crippen LogP contribution is 2.23. The van der Waals surface area contributed by atoms with E-state index in [2.05, 4.69) is 39.9 Å². The van der Waals surface area contributed by atoms with Crippen molar-refractivity contribution < 1.29 is 0 Å². The summed E-state index contributed by atoms with van der Waals surface area (Å²) in [6.45, 7) is 11.5. The van der Waals surface area contributed by atoms with E-state index in [0.29, 0.717) is 11.0 Å². The molecule has 13 heavy (non-hydrogen) atoms. The zero-order valence-corrected chi connectivity index (χ0v) is 10.3. The minimum Gasteiger partial charge on any atom is -0.315 e. The van der Waals surface area contributed by atoms with Crippen LogP contribution in [0.4, 0.5) is 0 Å². The highest BCUT2D eigenvalue weighted by atomic mass is 14.9. The highest BCUT2D eigenvalue weighted by molar-refractivity contribution is 4.75. The molecule has 0 unspecified atom stereocenters. The van der Waals surface area contributed by atoms with Crippen molar-refractivity contribution in [3.63, 3.8) is 0 Å². The fraction of sp³-hybridized carbons (Fsp3) is 1.00. The van der Waals surface area contributed by atoms with Gasteiger partial charge >= 0.3 is 0 Å². The van der Waals surface area contributed by atoms with Crippen molar-refractivity contribution in [3.05, 3.63) is 0 Å². The molecule has 0 radical (unpaired) electrons. The number of hydrogen-bond donors (Lipinski definition) is 1. The molecule has 0 rings (SSSR count). The van der Waals surface area contributed by atoms with E-state index >= 15 is 0 Å². The number of hydrogen-bond acceptors (Lipinski definition) is 1. The van der Waals surface area contributed by atoms with Gasteiger partial charge < -0.3 is 5.32 Å². The molecule has 0 aromatic rings. The number of rotatable bonds is 5. The Morgan fingerprint density at radius 3 is 1.69 bits per heavy atom. The lowest BCUT2D eigenvalue weighted by atomic mass is 9.88. The maximum Gasteiger partial charge on any atom is 0.0122 e.